The molecule has 0 aliphatic heterocycles. The molecule has 0 heterocycles. The van der Waals surface area contributed by atoms with Crippen molar-refractivity contribution in [3.63, 3.8) is 0 Å². The van der Waals surface area contributed by atoms with E-state index in [1.54, 1.807) is 6.92 Å². The van der Waals surface area contributed by atoms with Gasteiger partial charge in [0, 0.05) is 5.56 Å². The maximum atomic E-state index is 11.1. The van der Waals surface area contributed by atoms with Gasteiger partial charge >= 0.3 is 5.97 Å². The Labute approximate surface area is 108 Å². The maximum absolute atomic E-state index is 11.1. The van der Waals surface area contributed by atoms with E-state index in [1.165, 1.54) is 0 Å². The average molecular weight is 246 g/mol. The summed E-state index contributed by atoms with van der Waals surface area (Å²) in [4.78, 5) is 11.1. The van der Waals surface area contributed by atoms with Gasteiger partial charge in [0.05, 0.1) is 13.2 Å². The molecule has 0 aliphatic carbocycles. The molecule has 0 spiro atoms. The first-order valence-corrected chi connectivity index (χ1v) is 6.13. The number of ether oxygens (including phenoxy) is 2. The van der Waals surface area contributed by atoms with Crippen LogP contribution in [0, 0.1) is 11.8 Å². The topological polar surface area (TPSA) is 35.5 Å². The highest BCUT2D eigenvalue weighted by molar-refractivity contribution is 5.72. The van der Waals surface area contributed by atoms with E-state index in [0.717, 1.165) is 17.7 Å². The highest BCUT2D eigenvalue weighted by Gasteiger charge is 1.97. The molecule has 18 heavy (non-hydrogen) atoms. The number of carbonyl (C=O) groups excluding carboxylic acids is 1. The third-order valence-corrected chi connectivity index (χ3v) is 2.08. The van der Waals surface area contributed by atoms with E-state index in [9.17, 15) is 4.79 Å². The van der Waals surface area contributed by atoms with E-state index in [0.29, 0.717) is 13.2 Å². The fourth-order valence-corrected chi connectivity index (χ4v) is 1.31. The van der Waals surface area contributed by atoms with Gasteiger partial charge in [0.25, 0.3) is 0 Å². The molecular formula is C15H18O3. The largest absolute Gasteiger partial charge is 0.494 e. The minimum atomic E-state index is -0.289. The Morgan fingerprint density at radius 3 is 2.89 bits per heavy atom. The Kier molecular flexibility index (Phi) is 6.42. The highest BCUT2D eigenvalue weighted by Crippen LogP contribution is 2.12. The third kappa shape index (κ3) is 5.40. The van der Waals surface area contributed by atoms with Gasteiger partial charge in [0.1, 0.15) is 12.2 Å². The van der Waals surface area contributed by atoms with E-state index in [4.69, 9.17) is 9.47 Å². The lowest BCUT2D eigenvalue weighted by Crippen LogP contribution is -2.01. The average Bonchev–Trinajstić information content (AvgIpc) is 2.37. The van der Waals surface area contributed by atoms with Gasteiger partial charge in [-0.25, -0.2) is 0 Å². The van der Waals surface area contributed by atoms with E-state index in [-0.39, 0.29) is 12.4 Å². The fourth-order valence-electron chi connectivity index (χ4n) is 1.31. The van der Waals surface area contributed by atoms with Crippen molar-refractivity contribution in [3.05, 3.63) is 29.8 Å². The van der Waals surface area contributed by atoms with Gasteiger partial charge in [-0.3, -0.25) is 4.79 Å². The molecule has 0 atom stereocenters. The summed E-state index contributed by atoms with van der Waals surface area (Å²) in [5.74, 6) is 6.23. The molecule has 3 heteroatoms. The van der Waals surface area contributed by atoms with Gasteiger partial charge in [0.15, 0.2) is 0 Å². The Hall–Kier alpha value is -1.95. The third-order valence-electron chi connectivity index (χ3n) is 2.08. The Balaban J connectivity index is 2.56. The van der Waals surface area contributed by atoms with E-state index in [1.807, 2.05) is 24.3 Å². The molecule has 0 unspecified atom stereocenters. The molecule has 0 aliphatic rings. The van der Waals surface area contributed by atoms with Gasteiger partial charge < -0.3 is 9.47 Å². The van der Waals surface area contributed by atoms with Crippen molar-refractivity contribution in [2.45, 2.75) is 26.7 Å². The summed E-state index contributed by atoms with van der Waals surface area (Å²) >= 11 is 0. The first kappa shape index (κ1) is 14.1. The van der Waals surface area contributed by atoms with Crippen LogP contribution < -0.4 is 4.74 Å². The molecule has 0 saturated heterocycles. The zero-order valence-electron chi connectivity index (χ0n) is 10.9. The predicted octanol–water partition coefficient (Wildman–Crippen LogP) is 2.78. The quantitative estimate of drug-likeness (QED) is 0.592. The summed E-state index contributed by atoms with van der Waals surface area (Å²) in [5, 5.41) is 0. The summed E-state index contributed by atoms with van der Waals surface area (Å²) < 4.78 is 10.3. The maximum Gasteiger partial charge on any atom is 0.317 e. The molecular weight excluding hydrogens is 228 g/mol. The van der Waals surface area contributed by atoms with E-state index in [2.05, 4.69) is 18.8 Å². The number of esters is 1. The molecule has 0 fully saturated rings. The van der Waals surface area contributed by atoms with Crippen molar-refractivity contribution >= 4 is 5.97 Å². The first-order chi connectivity index (χ1) is 8.76. The smallest absolute Gasteiger partial charge is 0.317 e. The van der Waals surface area contributed by atoms with Crippen LogP contribution in [0.3, 0.4) is 0 Å². The molecule has 1 aromatic rings. The van der Waals surface area contributed by atoms with Crippen molar-refractivity contribution in [1.82, 2.24) is 0 Å². The van der Waals surface area contributed by atoms with Crippen LogP contribution in [0.25, 0.3) is 0 Å². The van der Waals surface area contributed by atoms with Crippen LogP contribution in [-0.2, 0) is 9.53 Å². The minimum Gasteiger partial charge on any atom is -0.494 e. The highest BCUT2D eigenvalue weighted by atomic mass is 16.5. The zero-order valence-corrected chi connectivity index (χ0v) is 10.9. The normalized spacial score (nSPS) is 9.22. The Morgan fingerprint density at radius 2 is 2.17 bits per heavy atom. The molecule has 1 aromatic carbocycles. The molecule has 0 N–H and O–H groups in total. The van der Waals surface area contributed by atoms with E-state index < -0.39 is 0 Å². The molecule has 0 aromatic heterocycles. The lowest BCUT2D eigenvalue weighted by Gasteiger charge is -2.03. The van der Waals surface area contributed by atoms with Crippen LogP contribution in [0.1, 0.15) is 32.3 Å². The van der Waals surface area contributed by atoms with Crippen LogP contribution in [-0.4, -0.2) is 19.2 Å². The molecule has 1 rings (SSSR count). The molecule has 3 nitrogen and oxygen atoms in total. The van der Waals surface area contributed by atoms with E-state index >= 15 is 0 Å². The summed E-state index contributed by atoms with van der Waals surface area (Å²) in [6, 6.07) is 7.54. The van der Waals surface area contributed by atoms with Crippen molar-refractivity contribution in [2.75, 3.05) is 13.2 Å². The second-order valence-corrected chi connectivity index (χ2v) is 3.66. The molecule has 0 amide bonds. The lowest BCUT2D eigenvalue weighted by molar-refractivity contribution is -0.141. The second-order valence-electron chi connectivity index (χ2n) is 3.66. The van der Waals surface area contributed by atoms with Crippen LogP contribution in [0.2, 0.25) is 0 Å². The Morgan fingerprint density at radius 1 is 1.33 bits per heavy atom. The Bertz CT molecular complexity index is 441. The lowest BCUT2D eigenvalue weighted by atomic mass is 10.2. The number of hydrogen-bond donors (Lipinski definition) is 0. The SMILES string of the molecule is CCCOc1cccc(C#CCC(=O)OCC)c1. The molecule has 0 radical (unpaired) electrons. The first-order valence-electron chi connectivity index (χ1n) is 6.13. The van der Waals surface area contributed by atoms with Gasteiger partial charge in [0.2, 0.25) is 0 Å². The summed E-state index contributed by atoms with van der Waals surface area (Å²) in [6.07, 6.45) is 1.09. The number of benzene rings is 1. The number of hydrogen-bond acceptors (Lipinski definition) is 3. The van der Waals surface area contributed by atoms with Gasteiger partial charge in [-0.05, 0) is 31.5 Å². The summed E-state index contributed by atoms with van der Waals surface area (Å²) in [6.45, 7) is 4.92. The van der Waals surface area contributed by atoms with Gasteiger partial charge in [-0.15, -0.1) is 0 Å². The van der Waals surface area contributed by atoms with Crippen LogP contribution in [0.5, 0.6) is 5.75 Å². The van der Waals surface area contributed by atoms with Crippen molar-refractivity contribution in [2.24, 2.45) is 0 Å². The van der Waals surface area contributed by atoms with Crippen LogP contribution >= 0.6 is 0 Å². The van der Waals surface area contributed by atoms with Crippen LogP contribution in [0.4, 0.5) is 0 Å². The van der Waals surface area contributed by atoms with Crippen LogP contribution in [0.15, 0.2) is 24.3 Å². The predicted molar refractivity (Wildman–Crippen MR) is 70.4 cm³/mol. The van der Waals surface area contributed by atoms with Crippen molar-refractivity contribution in [3.8, 4) is 17.6 Å². The van der Waals surface area contributed by atoms with Crippen molar-refractivity contribution < 1.29 is 14.3 Å². The number of carbonyl (C=O) groups is 1. The van der Waals surface area contributed by atoms with Gasteiger partial charge in [-0.2, -0.15) is 0 Å². The zero-order chi connectivity index (χ0) is 13.2. The second kappa shape index (κ2) is 8.19. The fraction of sp³-hybridized carbons (Fsp3) is 0.400. The molecule has 96 valence electrons. The summed E-state index contributed by atoms with van der Waals surface area (Å²) in [7, 11) is 0. The molecule has 0 saturated carbocycles. The van der Waals surface area contributed by atoms with Gasteiger partial charge in [-0.1, -0.05) is 24.8 Å². The number of rotatable bonds is 5. The minimum absolute atomic E-state index is 0.119. The monoisotopic (exact) mass is 246 g/mol. The van der Waals surface area contributed by atoms with Crippen molar-refractivity contribution in [1.29, 1.82) is 0 Å². The molecule has 0 bridgehead atoms. The summed E-state index contributed by atoms with van der Waals surface area (Å²) in [5.41, 5.74) is 0.841. The standard InChI is InChI=1S/C15H18O3/c1-3-11-18-14-9-5-7-13(12-14)8-6-10-15(16)17-4-2/h5,7,9,12H,3-4,10-11H2,1-2H3.